The molecule has 106 valence electrons. The summed E-state index contributed by atoms with van der Waals surface area (Å²) in [5.41, 5.74) is 1.01. The Morgan fingerprint density at radius 1 is 1.42 bits per heavy atom. The molecule has 0 radical (unpaired) electrons. The quantitative estimate of drug-likeness (QED) is 0.828. The van der Waals surface area contributed by atoms with E-state index in [1.54, 1.807) is 0 Å². The van der Waals surface area contributed by atoms with Crippen LogP contribution in [-0.4, -0.2) is 36.3 Å². The molecule has 0 saturated carbocycles. The zero-order chi connectivity index (χ0) is 13.7. The highest BCUT2D eigenvalue weighted by Crippen LogP contribution is 2.28. The van der Waals surface area contributed by atoms with Crippen LogP contribution in [0.5, 0.6) is 0 Å². The second-order valence-corrected chi connectivity index (χ2v) is 5.74. The molecule has 1 fully saturated rings. The number of rotatable bonds is 6. The largest absolute Gasteiger partial charge is 0.396 e. The van der Waals surface area contributed by atoms with E-state index in [9.17, 15) is 5.11 Å². The molecule has 19 heavy (non-hydrogen) atoms. The molecule has 2 N–H and O–H groups in total. The lowest BCUT2D eigenvalue weighted by molar-refractivity contribution is 0.149. The fraction of sp³-hybridized carbons (Fsp3) is 0.667. The van der Waals surface area contributed by atoms with Crippen molar-refractivity contribution in [1.29, 1.82) is 0 Å². The summed E-state index contributed by atoms with van der Waals surface area (Å²) in [6.07, 6.45) is 5.30. The van der Waals surface area contributed by atoms with E-state index >= 15 is 0 Å². The van der Waals surface area contributed by atoms with Crippen molar-refractivity contribution < 1.29 is 5.11 Å². The number of aliphatic hydroxyl groups is 1. The van der Waals surface area contributed by atoms with Crippen LogP contribution >= 0.6 is 0 Å². The van der Waals surface area contributed by atoms with Gasteiger partial charge in [0, 0.05) is 31.2 Å². The Kier molecular flexibility index (Phi) is 4.64. The van der Waals surface area contributed by atoms with Crippen molar-refractivity contribution in [2.75, 3.05) is 36.5 Å². The minimum atomic E-state index is -0.0713. The standard InChI is InChI=1S/C15H25N3O/c1-3-15(2,12-19)11-17-13-7-6-8-16-14(13)18-9-4-5-10-18/h6-8,17,19H,3-5,9-12H2,1-2H3. The molecule has 1 aromatic heterocycles. The zero-order valence-electron chi connectivity index (χ0n) is 12.0. The summed E-state index contributed by atoms with van der Waals surface area (Å²) < 4.78 is 0. The maximum atomic E-state index is 9.48. The summed E-state index contributed by atoms with van der Waals surface area (Å²) in [7, 11) is 0. The smallest absolute Gasteiger partial charge is 0.151 e. The van der Waals surface area contributed by atoms with Gasteiger partial charge >= 0.3 is 0 Å². The van der Waals surface area contributed by atoms with Crippen LogP contribution in [0.1, 0.15) is 33.1 Å². The first kappa shape index (κ1) is 14.1. The lowest BCUT2D eigenvalue weighted by atomic mass is 9.88. The van der Waals surface area contributed by atoms with Crippen molar-refractivity contribution in [3.63, 3.8) is 0 Å². The van der Waals surface area contributed by atoms with E-state index in [0.29, 0.717) is 0 Å². The van der Waals surface area contributed by atoms with Crippen molar-refractivity contribution >= 4 is 11.5 Å². The van der Waals surface area contributed by atoms with E-state index in [1.807, 2.05) is 12.3 Å². The minimum absolute atomic E-state index is 0.0713. The van der Waals surface area contributed by atoms with E-state index in [2.05, 4.69) is 35.1 Å². The highest BCUT2D eigenvalue weighted by Gasteiger charge is 2.22. The molecular formula is C15H25N3O. The Morgan fingerprint density at radius 3 is 2.79 bits per heavy atom. The molecule has 0 amide bonds. The van der Waals surface area contributed by atoms with E-state index in [1.165, 1.54) is 12.8 Å². The van der Waals surface area contributed by atoms with Crippen LogP contribution in [0.3, 0.4) is 0 Å². The fourth-order valence-corrected chi connectivity index (χ4v) is 2.32. The average Bonchev–Trinajstić information content (AvgIpc) is 2.99. The molecular weight excluding hydrogens is 238 g/mol. The number of nitrogens with one attached hydrogen (secondary N) is 1. The van der Waals surface area contributed by atoms with Crippen molar-refractivity contribution in [2.45, 2.75) is 33.1 Å². The van der Waals surface area contributed by atoms with Crippen molar-refractivity contribution in [3.8, 4) is 0 Å². The van der Waals surface area contributed by atoms with Gasteiger partial charge in [-0.25, -0.2) is 4.98 Å². The van der Waals surface area contributed by atoms with E-state index in [4.69, 9.17) is 0 Å². The van der Waals surface area contributed by atoms with Gasteiger partial charge in [0.25, 0.3) is 0 Å². The maximum absolute atomic E-state index is 9.48. The second kappa shape index (κ2) is 6.24. The topological polar surface area (TPSA) is 48.4 Å². The third-order valence-corrected chi connectivity index (χ3v) is 4.13. The molecule has 1 aliphatic heterocycles. The molecule has 0 bridgehead atoms. The first-order chi connectivity index (χ1) is 9.18. The van der Waals surface area contributed by atoms with Gasteiger partial charge in [-0.2, -0.15) is 0 Å². The van der Waals surface area contributed by atoms with Crippen LogP contribution in [0, 0.1) is 5.41 Å². The normalized spacial score (nSPS) is 18.4. The first-order valence-corrected chi connectivity index (χ1v) is 7.23. The molecule has 4 nitrogen and oxygen atoms in total. The van der Waals surface area contributed by atoms with Crippen LogP contribution in [0.2, 0.25) is 0 Å². The number of aromatic nitrogens is 1. The molecule has 1 aromatic rings. The highest BCUT2D eigenvalue weighted by atomic mass is 16.3. The maximum Gasteiger partial charge on any atom is 0.151 e. The molecule has 2 rings (SSSR count). The van der Waals surface area contributed by atoms with Gasteiger partial charge in [0.05, 0.1) is 12.3 Å². The number of hydrogen-bond acceptors (Lipinski definition) is 4. The SMILES string of the molecule is CCC(C)(CO)CNc1cccnc1N1CCCC1. The molecule has 0 aromatic carbocycles. The van der Waals surface area contributed by atoms with Gasteiger partial charge in [-0.1, -0.05) is 13.8 Å². The highest BCUT2D eigenvalue weighted by molar-refractivity contribution is 5.65. The van der Waals surface area contributed by atoms with Crippen molar-refractivity contribution in [3.05, 3.63) is 18.3 Å². The number of anilines is 2. The Morgan fingerprint density at radius 2 is 2.16 bits per heavy atom. The lowest BCUT2D eigenvalue weighted by Crippen LogP contribution is -2.30. The third-order valence-electron chi connectivity index (χ3n) is 4.13. The van der Waals surface area contributed by atoms with Gasteiger partial charge in [-0.05, 0) is 31.4 Å². The Bertz CT molecular complexity index is 398. The summed E-state index contributed by atoms with van der Waals surface area (Å²) in [6.45, 7) is 7.38. The van der Waals surface area contributed by atoms with Gasteiger partial charge in [0.2, 0.25) is 0 Å². The monoisotopic (exact) mass is 263 g/mol. The Balaban J connectivity index is 2.07. The summed E-state index contributed by atoms with van der Waals surface area (Å²) in [5, 5.41) is 12.9. The van der Waals surface area contributed by atoms with Gasteiger partial charge in [-0.3, -0.25) is 0 Å². The van der Waals surface area contributed by atoms with Gasteiger partial charge < -0.3 is 15.3 Å². The van der Waals surface area contributed by atoms with Gasteiger partial charge in [0.1, 0.15) is 0 Å². The van der Waals surface area contributed by atoms with Crippen molar-refractivity contribution in [1.82, 2.24) is 4.98 Å². The molecule has 1 atom stereocenters. The second-order valence-electron chi connectivity index (χ2n) is 5.74. The number of aliphatic hydroxyl groups excluding tert-OH is 1. The van der Waals surface area contributed by atoms with Crippen LogP contribution in [-0.2, 0) is 0 Å². The van der Waals surface area contributed by atoms with Crippen LogP contribution in [0.4, 0.5) is 11.5 Å². The Hall–Kier alpha value is -1.29. The van der Waals surface area contributed by atoms with Crippen molar-refractivity contribution in [2.24, 2.45) is 5.41 Å². The number of pyridine rings is 1. The summed E-state index contributed by atoms with van der Waals surface area (Å²) in [5.74, 6) is 1.05. The summed E-state index contributed by atoms with van der Waals surface area (Å²) >= 11 is 0. The minimum Gasteiger partial charge on any atom is -0.396 e. The third kappa shape index (κ3) is 3.38. The molecule has 0 spiro atoms. The van der Waals surface area contributed by atoms with Gasteiger partial charge in [0.15, 0.2) is 5.82 Å². The lowest BCUT2D eigenvalue weighted by Gasteiger charge is -2.28. The number of hydrogen-bond donors (Lipinski definition) is 2. The molecule has 1 unspecified atom stereocenters. The molecule has 2 heterocycles. The van der Waals surface area contributed by atoms with E-state index in [0.717, 1.165) is 37.6 Å². The average molecular weight is 263 g/mol. The first-order valence-electron chi connectivity index (χ1n) is 7.23. The number of nitrogens with zero attached hydrogens (tertiary/aromatic N) is 2. The van der Waals surface area contributed by atoms with E-state index in [-0.39, 0.29) is 12.0 Å². The zero-order valence-corrected chi connectivity index (χ0v) is 12.0. The van der Waals surface area contributed by atoms with Crippen LogP contribution in [0.15, 0.2) is 18.3 Å². The van der Waals surface area contributed by atoms with Crippen LogP contribution in [0.25, 0.3) is 0 Å². The molecule has 4 heteroatoms. The molecule has 0 aliphatic carbocycles. The molecule has 1 saturated heterocycles. The van der Waals surface area contributed by atoms with Crippen LogP contribution < -0.4 is 10.2 Å². The van der Waals surface area contributed by atoms with Gasteiger partial charge in [-0.15, -0.1) is 0 Å². The predicted octanol–water partition coefficient (Wildman–Crippen LogP) is 2.50. The summed E-state index contributed by atoms with van der Waals surface area (Å²) in [4.78, 5) is 6.85. The predicted molar refractivity (Wildman–Crippen MR) is 79.7 cm³/mol. The molecule has 1 aliphatic rings. The van der Waals surface area contributed by atoms with E-state index < -0.39 is 0 Å². The Labute approximate surface area is 115 Å². The fourth-order valence-electron chi connectivity index (χ4n) is 2.32. The summed E-state index contributed by atoms with van der Waals surface area (Å²) in [6, 6.07) is 4.04.